The minimum absolute atomic E-state index is 0.506. The molecule has 0 amide bonds. The fourth-order valence-corrected chi connectivity index (χ4v) is 3.44. The van der Waals surface area contributed by atoms with Gasteiger partial charge in [-0.25, -0.2) is 4.98 Å². The summed E-state index contributed by atoms with van der Waals surface area (Å²) >= 11 is 6.03. The molecule has 0 aromatic carbocycles. The fraction of sp³-hybridized carbons (Fsp3) is 0.471. The molecule has 1 saturated heterocycles. The molecule has 1 aliphatic carbocycles. The Balaban J connectivity index is 1.21. The number of piperazine rings is 1. The molecule has 0 radical (unpaired) electrons. The van der Waals surface area contributed by atoms with Crippen molar-refractivity contribution in [2.75, 3.05) is 31.1 Å². The summed E-state index contributed by atoms with van der Waals surface area (Å²) in [6.45, 7) is 4.53. The lowest BCUT2D eigenvalue weighted by Crippen LogP contribution is -2.46. The highest BCUT2D eigenvalue weighted by atomic mass is 35.5. The highest BCUT2D eigenvalue weighted by Crippen LogP contribution is 2.39. The van der Waals surface area contributed by atoms with Gasteiger partial charge in [0.1, 0.15) is 5.65 Å². The molecule has 0 atom stereocenters. The van der Waals surface area contributed by atoms with E-state index in [9.17, 15) is 0 Å². The van der Waals surface area contributed by atoms with Crippen LogP contribution >= 0.6 is 11.6 Å². The minimum Gasteiger partial charge on any atom is -0.408 e. The lowest BCUT2D eigenvalue weighted by atomic mass is 10.3. The van der Waals surface area contributed by atoms with Crippen molar-refractivity contribution in [1.82, 2.24) is 24.5 Å². The van der Waals surface area contributed by atoms with Crippen molar-refractivity contribution in [1.29, 1.82) is 0 Å². The second-order valence-corrected chi connectivity index (χ2v) is 7.24. The van der Waals surface area contributed by atoms with E-state index >= 15 is 0 Å². The van der Waals surface area contributed by atoms with Gasteiger partial charge in [0.2, 0.25) is 5.89 Å². The van der Waals surface area contributed by atoms with E-state index in [4.69, 9.17) is 16.0 Å². The molecule has 1 saturated carbocycles. The second kappa shape index (κ2) is 6.00. The molecule has 1 aliphatic heterocycles. The molecule has 2 fully saturated rings. The largest absolute Gasteiger partial charge is 0.408 e. The molecule has 5 rings (SSSR count). The molecule has 25 heavy (non-hydrogen) atoms. The maximum absolute atomic E-state index is 6.03. The van der Waals surface area contributed by atoms with Gasteiger partial charge >= 0.3 is 6.01 Å². The van der Waals surface area contributed by atoms with Crippen molar-refractivity contribution in [2.45, 2.75) is 25.3 Å². The van der Waals surface area contributed by atoms with E-state index in [1.54, 1.807) is 0 Å². The van der Waals surface area contributed by atoms with E-state index in [-0.39, 0.29) is 0 Å². The zero-order valence-electron chi connectivity index (χ0n) is 13.8. The zero-order valence-corrected chi connectivity index (χ0v) is 14.6. The van der Waals surface area contributed by atoms with Crippen molar-refractivity contribution in [3.05, 3.63) is 41.1 Å². The van der Waals surface area contributed by atoms with E-state index in [0.717, 1.165) is 55.0 Å². The molecule has 0 bridgehead atoms. The van der Waals surface area contributed by atoms with Gasteiger partial charge < -0.3 is 13.7 Å². The number of imidazole rings is 1. The minimum atomic E-state index is 0.506. The van der Waals surface area contributed by atoms with Crippen molar-refractivity contribution in [3.63, 3.8) is 0 Å². The number of anilines is 1. The van der Waals surface area contributed by atoms with Crippen LogP contribution in [0.5, 0.6) is 0 Å². The predicted molar refractivity (Wildman–Crippen MR) is 94.0 cm³/mol. The van der Waals surface area contributed by atoms with Gasteiger partial charge in [-0.1, -0.05) is 16.7 Å². The van der Waals surface area contributed by atoms with Crippen molar-refractivity contribution < 1.29 is 4.42 Å². The smallest absolute Gasteiger partial charge is 0.318 e. The lowest BCUT2D eigenvalue weighted by molar-refractivity contribution is 0.242. The number of pyridine rings is 1. The molecular formula is C17H19ClN6O. The third kappa shape index (κ3) is 3.09. The average molecular weight is 359 g/mol. The lowest BCUT2D eigenvalue weighted by Gasteiger charge is -2.33. The maximum Gasteiger partial charge on any atom is 0.318 e. The number of fused-ring (bicyclic) bond motifs is 1. The van der Waals surface area contributed by atoms with Crippen LogP contribution in [0.15, 0.2) is 28.9 Å². The van der Waals surface area contributed by atoms with Crippen molar-refractivity contribution in [2.24, 2.45) is 0 Å². The Kier molecular flexibility index (Phi) is 3.64. The quantitative estimate of drug-likeness (QED) is 0.714. The van der Waals surface area contributed by atoms with Gasteiger partial charge in [-0.2, -0.15) is 0 Å². The summed E-state index contributed by atoms with van der Waals surface area (Å²) < 4.78 is 7.79. The van der Waals surface area contributed by atoms with Gasteiger partial charge in [0.25, 0.3) is 0 Å². The summed E-state index contributed by atoms with van der Waals surface area (Å²) in [7, 11) is 0. The second-order valence-electron chi connectivity index (χ2n) is 6.81. The van der Waals surface area contributed by atoms with E-state index < -0.39 is 0 Å². The van der Waals surface area contributed by atoms with Gasteiger partial charge in [0.05, 0.1) is 10.7 Å². The number of rotatable bonds is 4. The molecule has 130 valence electrons. The molecule has 0 spiro atoms. The maximum atomic E-state index is 6.03. The summed E-state index contributed by atoms with van der Waals surface area (Å²) in [6.07, 6.45) is 6.30. The number of nitrogens with zero attached hydrogens (tertiary/aromatic N) is 6. The van der Waals surface area contributed by atoms with Crippen LogP contribution in [0.1, 0.15) is 30.3 Å². The molecular weight excluding hydrogens is 340 g/mol. The monoisotopic (exact) mass is 358 g/mol. The van der Waals surface area contributed by atoms with Crippen LogP contribution in [0.2, 0.25) is 5.02 Å². The summed E-state index contributed by atoms with van der Waals surface area (Å²) in [6, 6.07) is 4.48. The van der Waals surface area contributed by atoms with Crippen molar-refractivity contribution in [3.8, 4) is 0 Å². The van der Waals surface area contributed by atoms with Crippen molar-refractivity contribution >= 4 is 23.3 Å². The molecule has 0 unspecified atom stereocenters. The summed E-state index contributed by atoms with van der Waals surface area (Å²) in [5.41, 5.74) is 1.99. The van der Waals surface area contributed by atoms with Gasteiger partial charge in [0, 0.05) is 51.0 Å². The first-order chi connectivity index (χ1) is 12.2. The Morgan fingerprint density at radius 2 is 1.92 bits per heavy atom. The first kappa shape index (κ1) is 15.2. The summed E-state index contributed by atoms with van der Waals surface area (Å²) in [4.78, 5) is 9.24. The van der Waals surface area contributed by atoms with Crippen LogP contribution in [-0.4, -0.2) is 50.7 Å². The SMILES string of the molecule is Clc1ccc2nc(CN3CCN(c4nnc(C5CC5)o4)CC3)cn2c1. The molecule has 7 nitrogen and oxygen atoms in total. The number of aromatic nitrogens is 4. The van der Waals surface area contributed by atoms with E-state index in [2.05, 4.69) is 25.0 Å². The van der Waals surface area contributed by atoms with Gasteiger partial charge in [-0.15, -0.1) is 5.10 Å². The first-order valence-corrected chi connectivity index (χ1v) is 9.06. The third-order valence-electron chi connectivity index (χ3n) is 4.85. The van der Waals surface area contributed by atoms with Crippen LogP contribution in [0.25, 0.3) is 5.65 Å². The Morgan fingerprint density at radius 1 is 1.08 bits per heavy atom. The molecule has 4 heterocycles. The van der Waals surface area contributed by atoms with Crippen LogP contribution in [0.3, 0.4) is 0 Å². The molecule has 0 N–H and O–H groups in total. The first-order valence-electron chi connectivity index (χ1n) is 8.68. The topological polar surface area (TPSA) is 62.7 Å². The third-order valence-corrected chi connectivity index (χ3v) is 5.07. The van der Waals surface area contributed by atoms with Gasteiger partial charge in [-0.3, -0.25) is 4.90 Å². The van der Waals surface area contributed by atoms with Gasteiger partial charge in [-0.05, 0) is 25.0 Å². The zero-order chi connectivity index (χ0) is 16.8. The molecule has 3 aromatic rings. The summed E-state index contributed by atoms with van der Waals surface area (Å²) in [5, 5.41) is 9.10. The van der Waals surface area contributed by atoms with E-state index in [0.29, 0.717) is 11.9 Å². The molecule has 3 aromatic heterocycles. The molecule has 8 heteroatoms. The normalized spacial score (nSPS) is 19.0. The van der Waals surface area contributed by atoms with Crippen LogP contribution in [-0.2, 0) is 6.54 Å². The highest BCUT2D eigenvalue weighted by Gasteiger charge is 2.30. The molecule has 2 aliphatic rings. The Bertz CT molecular complexity index is 894. The number of hydrogen-bond donors (Lipinski definition) is 0. The predicted octanol–water partition coefficient (Wildman–Crippen LogP) is 2.57. The standard InChI is InChI=1S/C17H19ClN6O/c18-13-3-4-15-19-14(11-24(15)9-13)10-22-5-7-23(8-6-22)17-21-20-16(25-17)12-1-2-12/h3-4,9,11-12H,1-2,5-8,10H2. The number of halogens is 1. The summed E-state index contributed by atoms with van der Waals surface area (Å²) in [5.74, 6) is 1.31. The fourth-order valence-electron chi connectivity index (χ4n) is 3.27. The van der Waals surface area contributed by atoms with Crippen LogP contribution in [0.4, 0.5) is 6.01 Å². The number of hydrogen-bond acceptors (Lipinski definition) is 6. The average Bonchev–Trinajstić information content (AvgIpc) is 3.21. The Morgan fingerprint density at radius 3 is 2.72 bits per heavy atom. The Hall–Kier alpha value is -2.12. The highest BCUT2D eigenvalue weighted by molar-refractivity contribution is 6.30. The van der Waals surface area contributed by atoms with Crippen LogP contribution < -0.4 is 4.90 Å². The van der Waals surface area contributed by atoms with E-state index in [1.165, 1.54) is 12.8 Å². The Labute approximate surface area is 150 Å². The van der Waals surface area contributed by atoms with Crippen LogP contribution in [0, 0.1) is 0 Å². The van der Waals surface area contributed by atoms with E-state index in [1.807, 2.05) is 28.9 Å². The van der Waals surface area contributed by atoms with Gasteiger partial charge in [0.15, 0.2) is 0 Å².